The summed E-state index contributed by atoms with van der Waals surface area (Å²) in [7, 11) is 3.07. The highest BCUT2D eigenvalue weighted by atomic mass is 16.7. The predicted molar refractivity (Wildman–Crippen MR) is 267 cm³/mol. The highest BCUT2D eigenvalue weighted by molar-refractivity contribution is 6.06. The summed E-state index contributed by atoms with van der Waals surface area (Å²) < 4.78 is 28.8. The number of amides is 2. The van der Waals surface area contributed by atoms with E-state index in [2.05, 4.69) is 41.3 Å². The Morgan fingerprint density at radius 1 is 0.986 bits per heavy atom. The van der Waals surface area contributed by atoms with E-state index in [9.17, 15) is 44.1 Å². The molecule has 71 heavy (non-hydrogen) atoms. The number of ketones is 2. The first-order chi connectivity index (χ1) is 32.9. The second-order valence-corrected chi connectivity index (χ2v) is 20.6. The minimum atomic E-state index is -2.07. The van der Waals surface area contributed by atoms with Gasteiger partial charge in [-0.05, 0) is 52.7 Å². The van der Waals surface area contributed by atoms with Crippen molar-refractivity contribution in [3.05, 3.63) is 47.2 Å². The standard InChI is InChI=1S/C52H87N5O14/c1-18-68-42(61)19-21-54-41(60)27-43(62)70-46(34(8)45(63)32(6)38(12)58)33(7)40(67-17)20-26-69-51(15)48(64)35(9)47(71-51)36(10)52(66)28-39(59)44(55-49(65)50(13,14)31(4)5)37(11)53-22-23-57(29-30(2)3)25-24-56(52)16/h20,26,30-34,38,40,45-46,53,58,63,66H,9,18-19,21-25,27-29H2,1-8,10-17H3,(H,54,60)(H,55,65)/b26-20+,44-37-,47-36+/t32-,33-,34-,38+,40+,45-,46-,51+,52?/m1/s1. The van der Waals surface area contributed by atoms with Gasteiger partial charge in [0.15, 0.2) is 11.5 Å². The van der Waals surface area contributed by atoms with Crippen LogP contribution in [0.4, 0.5) is 0 Å². The normalized spacial score (nSPS) is 24.9. The Kier molecular flexibility index (Phi) is 24.1. The molecule has 0 aliphatic carbocycles. The fourth-order valence-electron chi connectivity index (χ4n) is 8.27. The van der Waals surface area contributed by atoms with Crippen LogP contribution in [-0.4, -0.2) is 156 Å². The second kappa shape index (κ2) is 27.4. The van der Waals surface area contributed by atoms with Gasteiger partial charge in [0, 0.05) is 87.7 Å². The number of methoxy groups -OCH3 is 1. The molecule has 0 spiro atoms. The molecular formula is C52H87N5O14. The lowest BCUT2D eigenvalue weighted by atomic mass is 9.80. The third-order valence-electron chi connectivity index (χ3n) is 14.1. The number of Topliss-reactive ketones (excluding diaryl/α,β-unsaturated/α-hetero) is 2. The molecule has 0 aromatic heterocycles. The van der Waals surface area contributed by atoms with Crippen LogP contribution >= 0.6 is 0 Å². The largest absolute Gasteiger partial charge is 0.466 e. The minimum absolute atomic E-state index is 0.0125. The van der Waals surface area contributed by atoms with E-state index in [1.54, 1.807) is 67.3 Å². The van der Waals surface area contributed by atoms with E-state index >= 15 is 0 Å². The summed E-state index contributed by atoms with van der Waals surface area (Å²) in [6, 6.07) is 0. The van der Waals surface area contributed by atoms with Gasteiger partial charge in [-0.3, -0.25) is 33.7 Å². The molecule has 19 heteroatoms. The summed E-state index contributed by atoms with van der Waals surface area (Å²) in [4.78, 5) is 83.7. The highest BCUT2D eigenvalue weighted by Crippen LogP contribution is 2.41. The average molecular weight is 1010 g/mol. The summed E-state index contributed by atoms with van der Waals surface area (Å²) in [5.41, 5.74) is -2.47. The van der Waals surface area contributed by atoms with Gasteiger partial charge < -0.3 is 59.9 Å². The third kappa shape index (κ3) is 17.0. The molecule has 0 radical (unpaired) electrons. The van der Waals surface area contributed by atoms with Crippen LogP contribution in [0.3, 0.4) is 0 Å². The molecule has 2 rings (SSSR count). The molecule has 0 aromatic rings. The van der Waals surface area contributed by atoms with E-state index in [4.69, 9.17) is 23.7 Å². The number of hydrogen-bond donors (Lipinski definition) is 6. The summed E-state index contributed by atoms with van der Waals surface area (Å²) in [6.07, 6.45) is -2.75. The summed E-state index contributed by atoms with van der Waals surface area (Å²) in [5, 5.41) is 43.1. The molecule has 2 aliphatic rings. The fraction of sp³-hybridized carbons (Fsp3) is 0.731. The third-order valence-corrected chi connectivity index (χ3v) is 14.1. The number of carbonyl (C=O) groups excluding carboxylic acids is 6. The Balaban J connectivity index is 2.55. The van der Waals surface area contributed by atoms with Crippen LogP contribution in [0.25, 0.3) is 0 Å². The number of ether oxygens (including phenoxy) is 5. The van der Waals surface area contributed by atoms with Gasteiger partial charge in [-0.1, -0.05) is 68.9 Å². The van der Waals surface area contributed by atoms with E-state index in [1.165, 1.54) is 33.3 Å². The molecule has 2 amide bonds. The molecule has 9 atom stereocenters. The monoisotopic (exact) mass is 1010 g/mol. The molecule has 1 saturated heterocycles. The van der Waals surface area contributed by atoms with Gasteiger partial charge in [0.1, 0.15) is 24.0 Å². The van der Waals surface area contributed by atoms with Crippen LogP contribution in [0, 0.1) is 35.0 Å². The maximum absolute atomic E-state index is 14.5. The van der Waals surface area contributed by atoms with Crippen LogP contribution in [0.5, 0.6) is 0 Å². The summed E-state index contributed by atoms with van der Waals surface area (Å²) >= 11 is 0. The lowest BCUT2D eigenvalue weighted by Crippen LogP contribution is -2.53. The zero-order valence-electron chi connectivity index (χ0n) is 45.4. The number of nitrogens with one attached hydrogen (secondary N) is 3. The van der Waals surface area contributed by atoms with Crippen molar-refractivity contribution in [1.29, 1.82) is 0 Å². The minimum Gasteiger partial charge on any atom is -0.466 e. The molecule has 0 aromatic carbocycles. The topological polar surface area (TPSA) is 252 Å². The molecule has 2 heterocycles. The lowest BCUT2D eigenvalue weighted by molar-refractivity contribution is -0.170. The van der Waals surface area contributed by atoms with Gasteiger partial charge in [-0.2, -0.15) is 0 Å². The van der Waals surface area contributed by atoms with Crippen LogP contribution in [0.15, 0.2) is 47.2 Å². The number of nitrogens with zero attached hydrogens (tertiary/aromatic N) is 2. The van der Waals surface area contributed by atoms with Crippen LogP contribution in [0.1, 0.15) is 116 Å². The molecule has 6 N–H and O–H groups in total. The molecular weight excluding hydrogens is 919 g/mol. The van der Waals surface area contributed by atoms with Crippen molar-refractivity contribution in [2.45, 2.75) is 152 Å². The molecule has 1 unspecified atom stereocenters. The number of aliphatic hydroxyl groups is 3. The van der Waals surface area contributed by atoms with Crippen LogP contribution < -0.4 is 16.0 Å². The predicted octanol–water partition coefficient (Wildman–Crippen LogP) is 3.87. The molecule has 19 nitrogen and oxygen atoms in total. The van der Waals surface area contributed by atoms with E-state index < -0.39 is 101 Å². The van der Waals surface area contributed by atoms with Crippen molar-refractivity contribution in [3.8, 4) is 0 Å². The van der Waals surface area contributed by atoms with E-state index in [0.717, 1.165) is 6.54 Å². The average Bonchev–Trinajstić information content (AvgIpc) is 3.51. The van der Waals surface area contributed by atoms with Gasteiger partial charge in [0.05, 0.1) is 49.6 Å². The van der Waals surface area contributed by atoms with Crippen molar-refractivity contribution < 1.29 is 67.8 Å². The molecule has 2 aliphatic heterocycles. The second-order valence-electron chi connectivity index (χ2n) is 20.6. The Morgan fingerprint density at radius 2 is 1.62 bits per heavy atom. The molecule has 0 saturated carbocycles. The Labute approximate surface area is 422 Å². The van der Waals surface area contributed by atoms with Gasteiger partial charge in [0.2, 0.25) is 17.6 Å². The van der Waals surface area contributed by atoms with Gasteiger partial charge in [-0.25, -0.2) is 0 Å². The van der Waals surface area contributed by atoms with Crippen LogP contribution in [-0.2, 0) is 52.5 Å². The van der Waals surface area contributed by atoms with E-state index in [-0.39, 0.29) is 54.0 Å². The van der Waals surface area contributed by atoms with E-state index in [1.807, 2.05) is 13.8 Å². The maximum Gasteiger partial charge on any atom is 0.315 e. The summed E-state index contributed by atoms with van der Waals surface area (Å²) in [5.74, 6) is -7.72. The number of allylic oxidation sites excluding steroid dienone is 3. The Hall–Kier alpha value is -4.66. The highest BCUT2D eigenvalue weighted by Gasteiger charge is 2.51. The number of aliphatic hydroxyl groups excluding tert-OH is 2. The van der Waals surface area contributed by atoms with Gasteiger partial charge in [0.25, 0.3) is 0 Å². The number of esters is 2. The van der Waals surface area contributed by atoms with Crippen molar-refractivity contribution in [2.75, 3.05) is 60.0 Å². The number of carbonyl (C=O) groups is 6. The number of likely N-dealkylation sites (N-methyl/N-ethyl adjacent to an activating group) is 1. The molecule has 0 bridgehead atoms. The van der Waals surface area contributed by atoms with Crippen molar-refractivity contribution in [3.63, 3.8) is 0 Å². The smallest absolute Gasteiger partial charge is 0.315 e. The first kappa shape index (κ1) is 62.5. The lowest BCUT2D eigenvalue weighted by Gasteiger charge is -2.40. The number of rotatable bonds is 23. The van der Waals surface area contributed by atoms with Crippen molar-refractivity contribution >= 4 is 35.3 Å². The first-order valence-electron chi connectivity index (χ1n) is 24.8. The fourth-order valence-corrected chi connectivity index (χ4v) is 8.27. The van der Waals surface area contributed by atoms with E-state index in [0.29, 0.717) is 37.8 Å². The Morgan fingerprint density at radius 3 is 2.18 bits per heavy atom. The van der Waals surface area contributed by atoms with Crippen molar-refractivity contribution in [2.24, 2.45) is 35.0 Å². The summed E-state index contributed by atoms with van der Waals surface area (Å²) in [6.45, 7) is 31.3. The zero-order valence-corrected chi connectivity index (χ0v) is 45.4. The van der Waals surface area contributed by atoms with Gasteiger partial charge in [-0.15, -0.1) is 0 Å². The van der Waals surface area contributed by atoms with Gasteiger partial charge >= 0.3 is 17.7 Å². The SMILES string of the molecule is C=C1C(=O)[C@@](C)(O/C=C/[C@H](OC)[C@@H](C)[C@@H](OC(=O)CC(=O)NCCC(=O)OCC)[C@H](C)[C@H](O)[C@H](C)[C@H](C)O)O/C1=C(\C)C1(O)CC(=O)/C(NC(=O)C(C)(C)C(C)C)=C(\C)NCCN(CC(C)C)CCN1C. The number of hydrogen-bond acceptors (Lipinski definition) is 17. The molecule has 1 fully saturated rings. The molecule has 404 valence electrons. The Bertz CT molecular complexity index is 1980. The quantitative estimate of drug-likeness (QED) is 0.0368. The van der Waals surface area contributed by atoms with Crippen LogP contribution in [0.2, 0.25) is 0 Å². The maximum atomic E-state index is 14.5. The first-order valence-corrected chi connectivity index (χ1v) is 24.8. The zero-order chi connectivity index (χ0) is 54.3. The van der Waals surface area contributed by atoms with Crippen molar-refractivity contribution in [1.82, 2.24) is 25.8 Å².